The predicted octanol–water partition coefficient (Wildman–Crippen LogP) is 2.67. The quantitative estimate of drug-likeness (QED) is 0.869. The molecule has 0 amide bonds. The average Bonchev–Trinajstić information content (AvgIpc) is 2.93. The highest BCUT2D eigenvalue weighted by molar-refractivity contribution is 7.10. The molecule has 0 radical (unpaired) electrons. The molecule has 2 aromatic heterocycles. The van der Waals surface area contributed by atoms with Crippen LogP contribution in [-0.2, 0) is 6.54 Å². The van der Waals surface area contributed by atoms with E-state index >= 15 is 0 Å². The molecule has 2 aromatic rings. The Hall–Kier alpha value is -1.23. The summed E-state index contributed by atoms with van der Waals surface area (Å²) in [7, 11) is 0. The summed E-state index contributed by atoms with van der Waals surface area (Å²) in [5.74, 6) is 0. The fourth-order valence-corrected chi connectivity index (χ4v) is 2.96. The van der Waals surface area contributed by atoms with Crippen LogP contribution in [0.5, 0.6) is 0 Å². The van der Waals surface area contributed by atoms with Gasteiger partial charge in [0, 0.05) is 30.4 Å². The van der Waals surface area contributed by atoms with Crippen LogP contribution in [0.4, 0.5) is 0 Å². The summed E-state index contributed by atoms with van der Waals surface area (Å²) >= 11 is 1.78. The van der Waals surface area contributed by atoms with Gasteiger partial charge in [-0.1, -0.05) is 13.0 Å². The number of likely N-dealkylation sites (N-methyl/N-ethyl adjacent to an activating group) is 1. The lowest BCUT2D eigenvalue weighted by atomic mass is 10.1. The molecular formula is C14H19N3S. The Morgan fingerprint density at radius 1 is 1.33 bits per heavy atom. The lowest BCUT2D eigenvalue weighted by molar-refractivity contribution is 0.206. The first-order valence-electron chi connectivity index (χ1n) is 6.21. The van der Waals surface area contributed by atoms with Gasteiger partial charge in [-0.05, 0) is 35.7 Å². The van der Waals surface area contributed by atoms with Gasteiger partial charge in [-0.25, -0.2) is 0 Å². The number of hydrogen-bond acceptors (Lipinski definition) is 4. The number of aromatic nitrogens is 1. The normalized spacial score (nSPS) is 12.8. The second-order valence-corrected chi connectivity index (χ2v) is 5.16. The molecule has 0 fully saturated rings. The van der Waals surface area contributed by atoms with E-state index in [0.29, 0.717) is 12.6 Å². The number of rotatable bonds is 6. The Kier molecular flexibility index (Phi) is 4.87. The summed E-state index contributed by atoms with van der Waals surface area (Å²) in [5.41, 5.74) is 7.23. The summed E-state index contributed by atoms with van der Waals surface area (Å²) in [6, 6.07) is 8.68. The smallest absolute Gasteiger partial charge is 0.0567 e. The van der Waals surface area contributed by atoms with Crippen molar-refractivity contribution in [1.29, 1.82) is 0 Å². The molecule has 2 N–H and O–H groups in total. The first kappa shape index (κ1) is 13.2. The van der Waals surface area contributed by atoms with Crippen LogP contribution in [0.1, 0.15) is 23.4 Å². The number of thiophene rings is 1. The molecule has 2 rings (SSSR count). The van der Waals surface area contributed by atoms with Crippen LogP contribution in [0.2, 0.25) is 0 Å². The first-order valence-corrected chi connectivity index (χ1v) is 7.09. The van der Waals surface area contributed by atoms with Crippen LogP contribution in [0.15, 0.2) is 42.0 Å². The zero-order chi connectivity index (χ0) is 12.8. The van der Waals surface area contributed by atoms with Crippen molar-refractivity contribution in [3.05, 3.63) is 52.5 Å². The summed E-state index contributed by atoms with van der Waals surface area (Å²) < 4.78 is 0. The van der Waals surface area contributed by atoms with Crippen molar-refractivity contribution in [3.8, 4) is 0 Å². The van der Waals surface area contributed by atoms with E-state index in [1.54, 1.807) is 11.3 Å². The van der Waals surface area contributed by atoms with E-state index in [9.17, 15) is 0 Å². The highest BCUT2D eigenvalue weighted by Crippen LogP contribution is 2.25. The molecule has 1 unspecified atom stereocenters. The molecule has 0 saturated carbocycles. The fraction of sp³-hybridized carbons (Fsp3) is 0.357. The third kappa shape index (κ3) is 3.16. The maximum absolute atomic E-state index is 5.95. The van der Waals surface area contributed by atoms with Crippen LogP contribution < -0.4 is 5.73 Å². The second kappa shape index (κ2) is 6.64. The monoisotopic (exact) mass is 261 g/mol. The van der Waals surface area contributed by atoms with Crippen LogP contribution >= 0.6 is 11.3 Å². The van der Waals surface area contributed by atoms with E-state index in [1.165, 1.54) is 10.4 Å². The van der Waals surface area contributed by atoms with Gasteiger partial charge in [-0.2, -0.15) is 0 Å². The molecule has 0 aromatic carbocycles. The van der Waals surface area contributed by atoms with Crippen LogP contribution in [0.3, 0.4) is 0 Å². The molecular weight excluding hydrogens is 242 g/mol. The van der Waals surface area contributed by atoms with Gasteiger partial charge in [0.25, 0.3) is 0 Å². The van der Waals surface area contributed by atoms with Gasteiger partial charge in [0.05, 0.1) is 6.04 Å². The number of nitrogens with two attached hydrogens (primary N) is 1. The Morgan fingerprint density at radius 2 is 2.11 bits per heavy atom. The zero-order valence-electron chi connectivity index (χ0n) is 10.6. The summed E-state index contributed by atoms with van der Waals surface area (Å²) in [5, 5.41) is 2.11. The van der Waals surface area contributed by atoms with Crippen molar-refractivity contribution in [2.45, 2.75) is 19.5 Å². The predicted molar refractivity (Wildman–Crippen MR) is 76.4 cm³/mol. The van der Waals surface area contributed by atoms with Crippen LogP contribution in [0.25, 0.3) is 0 Å². The summed E-state index contributed by atoms with van der Waals surface area (Å²) in [6.45, 7) is 4.73. The minimum Gasteiger partial charge on any atom is -0.329 e. The summed E-state index contributed by atoms with van der Waals surface area (Å²) in [4.78, 5) is 7.80. The van der Waals surface area contributed by atoms with Gasteiger partial charge in [-0.3, -0.25) is 9.88 Å². The van der Waals surface area contributed by atoms with Gasteiger partial charge in [0.15, 0.2) is 0 Å². The molecule has 0 aliphatic carbocycles. The molecule has 2 heterocycles. The van der Waals surface area contributed by atoms with Crippen LogP contribution in [0, 0.1) is 0 Å². The largest absolute Gasteiger partial charge is 0.329 e. The van der Waals surface area contributed by atoms with Crippen LogP contribution in [-0.4, -0.2) is 23.0 Å². The Balaban J connectivity index is 2.12. The highest BCUT2D eigenvalue weighted by atomic mass is 32.1. The minimum atomic E-state index is 0.308. The SMILES string of the molecule is CCN(Cc1ccncc1)C(CN)c1cccs1. The van der Waals surface area contributed by atoms with Gasteiger partial charge in [0.1, 0.15) is 0 Å². The van der Waals surface area contributed by atoms with Crippen molar-refractivity contribution < 1.29 is 0 Å². The number of pyridine rings is 1. The molecule has 0 aliphatic heterocycles. The van der Waals surface area contributed by atoms with E-state index in [-0.39, 0.29) is 0 Å². The molecule has 1 atom stereocenters. The Morgan fingerprint density at radius 3 is 2.67 bits per heavy atom. The lowest BCUT2D eigenvalue weighted by Gasteiger charge is -2.29. The first-order chi connectivity index (χ1) is 8.85. The average molecular weight is 261 g/mol. The molecule has 0 spiro atoms. The Labute approximate surface area is 112 Å². The summed E-state index contributed by atoms with van der Waals surface area (Å²) in [6.07, 6.45) is 3.68. The van der Waals surface area contributed by atoms with Crippen molar-refractivity contribution in [1.82, 2.24) is 9.88 Å². The molecule has 0 bridgehead atoms. The third-order valence-corrected chi connectivity index (χ3v) is 4.05. The van der Waals surface area contributed by atoms with E-state index in [1.807, 2.05) is 12.4 Å². The molecule has 4 heteroatoms. The van der Waals surface area contributed by atoms with Crippen molar-refractivity contribution >= 4 is 11.3 Å². The Bertz CT molecular complexity index is 441. The maximum atomic E-state index is 5.95. The van der Waals surface area contributed by atoms with Gasteiger partial charge in [-0.15, -0.1) is 11.3 Å². The highest BCUT2D eigenvalue weighted by Gasteiger charge is 2.18. The minimum absolute atomic E-state index is 0.308. The van der Waals surface area contributed by atoms with Crippen molar-refractivity contribution in [3.63, 3.8) is 0 Å². The molecule has 96 valence electrons. The van der Waals surface area contributed by atoms with Crippen molar-refractivity contribution in [2.24, 2.45) is 5.73 Å². The number of hydrogen-bond donors (Lipinski definition) is 1. The molecule has 18 heavy (non-hydrogen) atoms. The fourth-order valence-electron chi connectivity index (χ4n) is 2.09. The van der Waals surface area contributed by atoms with Crippen molar-refractivity contribution in [2.75, 3.05) is 13.1 Å². The number of nitrogens with zero attached hydrogens (tertiary/aromatic N) is 2. The topological polar surface area (TPSA) is 42.2 Å². The molecule has 3 nitrogen and oxygen atoms in total. The van der Waals surface area contributed by atoms with E-state index in [4.69, 9.17) is 5.73 Å². The van der Waals surface area contributed by atoms with Gasteiger partial charge >= 0.3 is 0 Å². The second-order valence-electron chi connectivity index (χ2n) is 4.19. The zero-order valence-corrected chi connectivity index (χ0v) is 11.4. The van der Waals surface area contributed by atoms with E-state index < -0.39 is 0 Å². The van der Waals surface area contributed by atoms with E-state index in [2.05, 4.69) is 46.5 Å². The van der Waals surface area contributed by atoms with E-state index in [0.717, 1.165) is 13.1 Å². The standard InChI is InChI=1S/C14H19N3S/c1-2-17(11-12-5-7-16-8-6-12)13(10-15)14-4-3-9-18-14/h3-9,13H,2,10-11,15H2,1H3. The molecule has 0 aliphatic rings. The van der Waals surface area contributed by atoms with Gasteiger partial charge < -0.3 is 5.73 Å². The lowest BCUT2D eigenvalue weighted by Crippen LogP contribution is -2.32. The maximum Gasteiger partial charge on any atom is 0.0567 e. The third-order valence-electron chi connectivity index (χ3n) is 3.08. The van der Waals surface area contributed by atoms with Gasteiger partial charge in [0.2, 0.25) is 0 Å². The molecule has 0 saturated heterocycles.